The molecule has 2 rings (SSSR count). The van der Waals surface area contributed by atoms with Crippen molar-refractivity contribution < 1.29 is 14.3 Å². The molecule has 5 nitrogen and oxygen atoms in total. The van der Waals surface area contributed by atoms with Gasteiger partial charge < -0.3 is 19.7 Å². The lowest BCUT2D eigenvalue weighted by Gasteiger charge is -2.20. The molecule has 0 saturated heterocycles. The van der Waals surface area contributed by atoms with Crippen molar-refractivity contribution in [2.24, 2.45) is 0 Å². The van der Waals surface area contributed by atoms with E-state index in [0.29, 0.717) is 33.8 Å². The van der Waals surface area contributed by atoms with Crippen molar-refractivity contribution in [1.82, 2.24) is 4.90 Å². The lowest BCUT2D eigenvalue weighted by molar-refractivity contribution is 0.220. The molecule has 24 heavy (non-hydrogen) atoms. The third kappa shape index (κ3) is 4.46. The van der Waals surface area contributed by atoms with Crippen LogP contribution in [0.15, 0.2) is 36.4 Å². The molecule has 0 unspecified atom stereocenters. The second kappa shape index (κ2) is 8.13. The van der Waals surface area contributed by atoms with Crippen molar-refractivity contribution in [2.45, 2.75) is 6.54 Å². The Morgan fingerprint density at radius 1 is 1.08 bits per heavy atom. The van der Waals surface area contributed by atoms with Crippen LogP contribution in [0.4, 0.5) is 10.5 Å². The molecule has 0 fully saturated rings. The Bertz CT molecular complexity index is 721. The molecule has 0 spiro atoms. The van der Waals surface area contributed by atoms with Crippen LogP contribution in [0, 0.1) is 0 Å². The van der Waals surface area contributed by atoms with Crippen LogP contribution in [-0.2, 0) is 6.54 Å². The maximum atomic E-state index is 12.4. The minimum absolute atomic E-state index is 0.288. The van der Waals surface area contributed by atoms with Crippen molar-refractivity contribution in [2.75, 3.05) is 26.6 Å². The molecular weight excluding hydrogens is 351 g/mol. The van der Waals surface area contributed by atoms with E-state index in [2.05, 4.69) is 5.32 Å². The van der Waals surface area contributed by atoms with Crippen molar-refractivity contribution >= 4 is 34.9 Å². The molecule has 0 bridgehead atoms. The summed E-state index contributed by atoms with van der Waals surface area (Å²) in [5.74, 6) is 0.936. The van der Waals surface area contributed by atoms with Gasteiger partial charge >= 0.3 is 6.03 Å². The average Bonchev–Trinajstić information content (AvgIpc) is 2.57. The van der Waals surface area contributed by atoms with Gasteiger partial charge in [-0.1, -0.05) is 35.3 Å². The molecule has 2 amide bonds. The van der Waals surface area contributed by atoms with E-state index in [4.69, 9.17) is 32.7 Å². The average molecular weight is 369 g/mol. The Hall–Kier alpha value is -2.11. The predicted molar refractivity (Wildman–Crippen MR) is 96.5 cm³/mol. The van der Waals surface area contributed by atoms with Crippen LogP contribution >= 0.6 is 23.2 Å². The van der Waals surface area contributed by atoms with Crippen LogP contribution in [0.1, 0.15) is 5.56 Å². The number of methoxy groups -OCH3 is 2. The van der Waals surface area contributed by atoms with Crippen molar-refractivity contribution in [1.29, 1.82) is 0 Å². The third-order valence-electron chi connectivity index (χ3n) is 3.40. The van der Waals surface area contributed by atoms with E-state index in [1.54, 1.807) is 36.2 Å². The van der Waals surface area contributed by atoms with Crippen LogP contribution in [0.2, 0.25) is 10.0 Å². The zero-order valence-corrected chi connectivity index (χ0v) is 15.1. The van der Waals surface area contributed by atoms with Crippen molar-refractivity contribution in [3.63, 3.8) is 0 Å². The van der Waals surface area contributed by atoms with Gasteiger partial charge in [0.25, 0.3) is 0 Å². The first-order valence-electron chi connectivity index (χ1n) is 7.12. The molecular formula is C17H18Cl2N2O3. The highest BCUT2D eigenvalue weighted by atomic mass is 35.5. The lowest BCUT2D eigenvalue weighted by Crippen LogP contribution is -2.31. The molecule has 0 heterocycles. The molecule has 0 atom stereocenters. The van der Waals surface area contributed by atoms with Crippen LogP contribution in [0.25, 0.3) is 0 Å². The number of amides is 2. The van der Waals surface area contributed by atoms with E-state index in [1.165, 1.54) is 14.2 Å². The smallest absolute Gasteiger partial charge is 0.321 e. The second-order valence-electron chi connectivity index (χ2n) is 5.10. The number of carbonyl (C=O) groups is 1. The van der Waals surface area contributed by atoms with E-state index in [-0.39, 0.29) is 6.03 Å². The SMILES string of the molecule is COc1cc(OC)c(NC(=O)N(C)Cc2ccc(Cl)cc2)cc1Cl. The summed E-state index contributed by atoms with van der Waals surface area (Å²) in [4.78, 5) is 13.9. The molecule has 2 aromatic carbocycles. The fourth-order valence-electron chi connectivity index (χ4n) is 2.10. The Kier molecular flexibility index (Phi) is 6.17. The molecule has 0 saturated carbocycles. The van der Waals surface area contributed by atoms with E-state index in [1.807, 2.05) is 12.1 Å². The highest BCUT2D eigenvalue weighted by Gasteiger charge is 2.15. The first-order valence-corrected chi connectivity index (χ1v) is 7.88. The number of ether oxygens (including phenoxy) is 2. The first-order chi connectivity index (χ1) is 11.4. The largest absolute Gasteiger partial charge is 0.495 e. The molecule has 0 aliphatic heterocycles. The maximum Gasteiger partial charge on any atom is 0.321 e. The summed E-state index contributed by atoms with van der Waals surface area (Å²) in [5, 5.41) is 3.82. The highest BCUT2D eigenvalue weighted by molar-refractivity contribution is 6.32. The molecule has 0 radical (unpaired) electrons. The summed E-state index contributed by atoms with van der Waals surface area (Å²) < 4.78 is 10.4. The fraction of sp³-hybridized carbons (Fsp3) is 0.235. The van der Waals surface area contributed by atoms with Gasteiger partial charge in [0.15, 0.2) is 0 Å². The van der Waals surface area contributed by atoms with E-state index in [0.717, 1.165) is 5.56 Å². The normalized spacial score (nSPS) is 10.2. The summed E-state index contributed by atoms with van der Waals surface area (Å²) >= 11 is 12.0. The van der Waals surface area contributed by atoms with Gasteiger partial charge in [-0.2, -0.15) is 0 Å². The van der Waals surface area contributed by atoms with Gasteiger partial charge in [0.1, 0.15) is 11.5 Å². The number of anilines is 1. The van der Waals surface area contributed by atoms with Gasteiger partial charge in [-0.05, 0) is 23.8 Å². The van der Waals surface area contributed by atoms with Gasteiger partial charge in [0.05, 0.1) is 24.9 Å². The van der Waals surface area contributed by atoms with Gasteiger partial charge in [-0.15, -0.1) is 0 Å². The lowest BCUT2D eigenvalue weighted by atomic mass is 10.2. The Labute approximate surface area is 151 Å². The number of hydrogen-bond donors (Lipinski definition) is 1. The monoisotopic (exact) mass is 368 g/mol. The summed E-state index contributed by atoms with van der Waals surface area (Å²) in [7, 11) is 4.72. The molecule has 1 N–H and O–H groups in total. The molecule has 7 heteroatoms. The minimum Gasteiger partial charge on any atom is -0.495 e. The summed E-state index contributed by atoms with van der Waals surface area (Å²) in [5.41, 5.74) is 1.44. The molecule has 128 valence electrons. The topological polar surface area (TPSA) is 50.8 Å². The quantitative estimate of drug-likeness (QED) is 0.833. The van der Waals surface area contributed by atoms with Crippen molar-refractivity contribution in [3.8, 4) is 11.5 Å². The number of rotatable bonds is 5. The number of carbonyl (C=O) groups excluding carboxylic acids is 1. The fourth-order valence-corrected chi connectivity index (χ4v) is 2.47. The Balaban J connectivity index is 2.10. The first kappa shape index (κ1) is 18.2. The van der Waals surface area contributed by atoms with E-state index < -0.39 is 0 Å². The minimum atomic E-state index is -0.288. The number of nitrogens with one attached hydrogen (secondary N) is 1. The molecule has 2 aromatic rings. The Morgan fingerprint density at radius 3 is 2.29 bits per heavy atom. The standard InChI is InChI=1S/C17H18Cl2N2O3/c1-21(10-11-4-6-12(18)7-5-11)17(22)20-14-8-13(19)15(23-2)9-16(14)24-3/h4-9H,10H2,1-3H3,(H,20,22). The number of urea groups is 1. The van der Waals surface area contributed by atoms with Gasteiger partial charge in [-0.25, -0.2) is 4.79 Å². The zero-order valence-electron chi connectivity index (χ0n) is 13.6. The number of halogens is 2. The van der Waals surface area contributed by atoms with Gasteiger partial charge in [-0.3, -0.25) is 0 Å². The Morgan fingerprint density at radius 2 is 1.71 bits per heavy atom. The molecule has 0 aliphatic rings. The van der Waals surface area contributed by atoms with E-state index in [9.17, 15) is 4.79 Å². The van der Waals surface area contributed by atoms with Crippen LogP contribution in [0.5, 0.6) is 11.5 Å². The molecule has 0 aliphatic carbocycles. The highest BCUT2D eigenvalue weighted by Crippen LogP contribution is 2.36. The summed E-state index contributed by atoms with van der Waals surface area (Å²) in [6.07, 6.45) is 0. The number of benzene rings is 2. The molecule has 0 aromatic heterocycles. The van der Waals surface area contributed by atoms with Crippen LogP contribution < -0.4 is 14.8 Å². The summed E-state index contributed by atoms with van der Waals surface area (Å²) in [6, 6.07) is 10.2. The predicted octanol–water partition coefficient (Wildman–Crippen LogP) is 4.67. The van der Waals surface area contributed by atoms with Gasteiger partial charge in [0.2, 0.25) is 0 Å². The van der Waals surface area contributed by atoms with E-state index >= 15 is 0 Å². The number of nitrogens with zero attached hydrogens (tertiary/aromatic N) is 1. The van der Waals surface area contributed by atoms with Crippen molar-refractivity contribution in [3.05, 3.63) is 52.0 Å². The number of hydrogen-bond acceptors (Lipinski definition) is 3. The zero-order chi connectivity index (χ0) is 17.7. The maximum absolute atomic E-state index is 12.4. The van der Waals surface area contributed by atoms with Gasteiger partial charge in [0, 0.05) is 24.7 Å². The van der Waals surface area contributed by atoms with Crippen LogP contribution in [-0.4, -0.2) is 32.2 Å². The summed E-state index contributed by atoms with van der Waals surface area (Å²) in [6.45, 7) is 0.440. The van der Waals surface area contributed by atoms with Crippen LogP contribution in [0.3, 0.4) is 0 Å². The third-order valence-corrected chi connectivity index (χ3v) is 3.94. The second-order valence-corrected chi connectivity index (χ2v) is 5.94.